The van der Waals surface area contributed by atoms with Gasteiger partial charge in [-0.2, -0.15) is 0 Å². The Balaban J connectivity index is 0.00000217. The molecular weight excluding hydrogens is 1270 g/mol. The number of carbonyl (C=O) groups excluding carboxylic acids is 1. The molecular formula is C35H40Ac3N2O9. The van der Waals surface area contributed by atoms with E-state index in [0.29, 0.717) is 18.9 Å². The van der Waals surface area contributed by atoms with E-state index in [-0.39, 0.29) is 138 Å². The zero-order valence-electron chi connectivity index (χ0n) is 27.6. The molecule has 6 rings (SSSR count). The van der Waals surface area contributed by atoms with E-state index < -0.39 is 36.7 Å². The van der Waals surface area contributed by atoms with Crippen LogP contribution in [0.3, 0.4) is 0 Å². The number of carbonyl (C=O) groups is 1. The van der Waals surface area contributed by atoms with Crippen molar-refractivity contribution >= 4 is 16.9 Å². The number of methoxy groups -OCH3 is 1. The molecule has 11 nitrogen and oxygen atoms in total. The Labute approximate surface area is 393 Å². The van der Waals surface area contributed by atoms with Crippen LogP contribution in [0.5, 0.6) is 17.2 Å². The van der Waals surface area contributed by atoms with Crippen molar-refractivity contribution in [2.45, 2.75) is 57.0 Å². The summed E-state index contributed by atoms with van der Waals surface area (Å²) in [4.78, 5) is 14.5. The summed E-state index contributed by atoms with van der Waals surface area (Å²) in [5.74, 6) is 0.445. The molecule has 3 heterocycles. The molecule has 3 radical (unpaired) electrons. The minimum absolute atomic E-state index is 0. The minimum Gasteiger partial charge on any atom is -0.508 e. The molecule has 253 valence electrons. The fourth-order valence-corrected chi connectivity index (χ4v) is 6.30. The average molecular weight is 1310 g/mol. The molecule has 0 aliphatic carbocycles. The number of hydrogen-bond donors (Lipinski definition) is 4. The Morgan fingerprint density at radius 2 is 1.53 bits per heavy atom. The molecule has 49 heavy (non-hydrogen) atoms. The van der Waals surface area contributed by atoms with Gasteiger partial charge in [-0.3, -0.25) is 4.90 Å². The molecule has 2 fully saturated rings. The number of aromatic hydroxyl groups is 1. The van der Waals surface area contributed by atoms with Crippen LogP contribution in [0, 0.1) is 139 Å². The molecule has 4 N–H and O–H groups in total. The summed E-state index contributed by atoms with van der Waals surface area (Å²) in [7, 11) is 1.13. The first kappa shape index (κ1) is 43.6. The van der Waals surface area contributed by atoms with Crippen LogP contribution in [0.25, 0.3) is 22.2 Å². The number of ether oxygens (including phenoxy) is 4. The van der Waals surface area contributed by atoms with E-state index in [2.05, 4.69) is 26.3 Å². The van der Waals surface area contributed by atoms with E-state index in [1.54, 1.807) is 24.3 Å². The maximum atomic E-state index is 12.0. The molecule has 3 aromatic carbocycles. The number of benzene rings is 3. The molecule has 2 aliphatic heterocycles. The summed E-state index contributed by atoms with van der Waals surface area (Å²) >= 11 is 0. The summed E-state index contributed by atoms with van der Waals surface area (Å²) in [6, 6.07) is 20.6. The Bertz CT molecular complexity index is 1660. The van der Waals surface area contributed by atoms with Gasteiger partial charge in [0.25, 0.3) is 0 Å². The fourth-order valence-electron chi connectivity index (χ4n) is 6.30. The molecule has 0 spiro atoms. The molecule has 2 saturated heterocycles. The fraction of sp³-hybridized carbons (Fsp3) is 0.400. The quantitative estimate of drug-likeness (QED) is 0.175. The normalized spacial score (nSPS) is 22.0. The molecule has 5 atom stereocenters. The number of fused-ring (bicyclic) bond motifs is 1. The van der Waals surface area contributed by atoms with E-state index in [4.69, 9.17) is 14.2 Å². The van der Waals surface area contributed by atoms with E-state index in [1.807, 2.05) is 37.3 Å². The summed E-state index contributed by atoms with van der Waals surface area (Å²) in [6.07, 6.45) is -5.36. The van der Waals surface area contributed by atoms with Crippen LogP contribution in [0.2, 0.25) is 0 Å². The van der Waals surface area contributed by atoms with Crippen molar-refractivity contribution in [3.63, 3.8) is 0 Å². The Morgan fingerprint density at radius 1 is 0.878 bits per heavy atom. The Kier molecular flexibility index (Phi) is 17.8. The number of aromatic nitrogens is 1. The summed E-state index contributed by atoms with van der Waals surface area (Å²) in [6.45, 7) is 6.48. The number of hydrogen-bond acceptors (Lipinski definition) is 10. The molecule has 0 saturated carbocycles. The third-order valence-corrected chi connectivity index (χ3v) is 8.82. The molecule has 0 amide bonds. The summed E-state index contributed by atoms with van der Waals surface area (Å²) in [5, 5.41) is 42.1. The Morgan fingerprint density at radius 3 is 2.18 bits per heavy atom. The largest absolute Gasteiger partial charge is 0.508 e. The zero-order chi connectivity index (χ0) is 32.4. The molecule has 14 heteroatoms. The topological polar surface area (TPSA) is 143 Å². The maximum Gasteiger partial charge on any atom is 0.337 e. The summed E-state index contributed by atoms with van der Waals surface area (Å²) in [5.41, 5.74) is 4.89. The second-order valence-corrected chi connectivity index (χ2v) is 11.9. The second-order valence-electron chi connectivity index (χ2n) is 11.9. The number of phenolic OH excluding ortho intramolecular Hbond substituents is 1. The average Bonchev–Trinajstić information content (AvgIpc) is 3.68. The number of aliphatic hydroxyl groups excluding tert-OH is 3. The molecule has 2 aliphatic rings. The van der Waals surface area contributed by atoms with Crippen molar-refractivity contribution in [1.82, 2.24) is 9.47 Å². The van der Waals surface area contributed by atoms with Crippen LogP contribution < -0.4 is 9.47 Å². The van der Waals surface area contributed by atoms with E-state index in [0.717, 1.165) is 65.8 Å². The van der Waals surface area contributed by atoms with Crippen LogP contribution in [0.15, 0.2) is 66.7 Å². The number of likely N-dealkylation sites (tertiary alicyclic amines) is 1. The van der Waals surface area contributed by atoms with Gasteiger partial charge in [-0.25, -0.2) is 4.79 Å². The third-order valence-electron chi connectivity index (χ3n) is 8.82. The minimum atomic E-state index is -1.67. The first-order valence-electron chi connectivity index (χ1n) is 15.5. The van der Waals surface area contributed by atoms with Gasteiger partial charge in [0.2, 0.25) is 6.29 Å². The van der Waals surface area contributed by atoms with Gasteiger partial charge in [-0.05, 0) is 104 Å². The maximum absolute atomic E-state index is 12.0. The number of phenols is 1. The molecule has 0 bridgehead atoms. The third kappa shape index (κ3) is 10.2. The van der Waals surface area contributed by atoms with Crippen molar-refractivity contribution in [2.24, 2.45) is 0 Å². The van der Waals surface area contributed by atoms with Gasteiger partial charge in [-0.1, -0.05) is 12.1 Å². The molecule has 0 unspecified atom stereocenters. The standard InChI is InChI=1S/C35H40N2O9.3Ac/c1-21-27-19-24(38)9-14-28(27)37(20-22-5-10-25(11-6-22)44-18-17-36-15-3-4-16-36)29(21)23-7-12-26(13-8-23)45-35-32(41)30(39)31(40)33(46-35)34(42)43-2;;;/h5-14,19,30-33,35,38-41H,3-4,15-18,20H2,1-2H3;;;/t30-,31-,32+,33-,35+;;;/m0.../s1. The molecule has 1 aromatic heterocycles. The SMILES string of the molecule is COC(=O)[C@H]1O[C@@H](Oc2ccc(-c3c(C)c4cc(O)ccc4n3Cc3ccc(OCCN4CCCC4)cc3)cc2)[C@H](O)[C@@H](O)[C@@H]1O.[Ac].[Ac].[Ac]. The number of aliphatic hydroxyl groups is 3. The monoisotopic (exact) mass is 1310 g/mol. The van der Waals surface area contributed by atoms with Gasteiger partial charge in [0.15, 0.2) is 6.10 Å². The van der Waals surface area contributed by atoms with Crippen molar-refractivity contribution in [1.29, 1.82) is 0 Å². The van der Waals surface area contributed by atoms with E-state index >= 15 is 0 Å². The number of rotatable bonds is 10. The van der Waals surface area contributed by atoms with Crippen LogP contribution in [0.4, 0.5) is 0 Å². The Hall–Kier alpha value is 0.195. The number of esters is 1. The van der Waals surface area contributed by atoms with Crippen molar-refractivity contribution in [2.75, 3.05) is 33.4 Å². The predicted molar refractivity (Wildman–Crippen MR) is 170 cm³/mol. The van der Waals surface area contributed by atoms with Gasteiger partial charge in [0, 0.05) is 156 Å². The molecule has 4 aromatic rings. The predicted octanol–water partition coefficient (Wildman–Crippen LogP) is 3.20. The smallest absolute Gasteiger partial charge is 0.337 e. The van der Waals surface area contributed by atoms with Crippen LogP contribution in [-0.2, 0) is 20.8 Å². The van der Waals surface area contributed by atoms with E-state index in [1.165, 1.54) is 12.8 Å². The number of aryl methyl sites for hydroxylation is 1. The second kappa shape index (κ2) is 20.0. The zero-order valence-corrected chi connectivity index (χ0v) is 41.9. The van der Waals surface area contributed by atoms with Crippen molar-refractivity contribution in [3.8, 4) is 28.5 Å². The van der Waals surface area contributed by atoms with Crippen LogP contribution in [0.1, 0.15) is 24.0 Å². The summed E-state index contributed by atoms with van der Waals surface area (Å²) < 4.78 is 24.1. The van der Waals surface area contributed by atoms with Crippen LogP contribution in [-0.4, -0.2) is 99.9 Å². The van der Waals surface area contributed by atoms with Gasteiger partial charge < -0.3 is 43.9 Å². The van der Waals surface area contributed by atoms with Crippen molar-refractivity contribution < 1.29 is 176 Å². The van der Waals surface area contributed by atoms with Crippen LogP contribution >= 0.6 is 0 Å². The van der Waals surface area contributed by atoms with Crippen molar-refractivity contribution in [3.05, 3.63) is 77.9 Å². The van der Waals surface area contributed by atoms with E-state index in [9.17, 15) is 25.2 Å². The first-order chi connectivity index (χ1) is 22.2. The van der Waals surface area contributed by atoms with Gasteiger partial charge >= 0.3 is 5.97 Å². The first-order valence-corrected chi connectivity index (χ1v) is 15.5. The van der Waals surface area contributed by atoms with Gasteiger partial charge in [-0.15, -0.1) is 0 Å². The van der Waals surface area contributed by atoms with Gasteiger partial charge in [0.05, 0.1) is 12.8 Å². The van der Waals surface area contributed by atoms with Gasteiger partial charge in [0.1, 0.15) is 42.2 Å². The number of nitrogens with zero attached hydrogens (tertiary/aromatic N) is 2.